The van der Waals surface area contributed by atoms with Crippen molar-refractivity contribution >= 4 is 17.6 Å². The summed E-state index contributed by atoms with van der Waals surface area (Å²) in [6.45, 7) is 0.222. The predicted octanol–water partition coefficient (Wildman–Crippen LogP) is 4.16. The van der Waals surface area contributed by atoms with Crippen molar-refractivity contribution in [3.8, 4) is 0 Å². The van der Waals surface area contributed by atoms with Gasteiger partial charge in [0, 0.05) is 24.2 Å². The predicted molar refractivity (Wildman–Crippen MR) is 109 cm³/mol. The number of carboxylic acids is 1. The average Bonchev–Trinajstić information content (AvgIpc) is 2.76. The van der Waals surface area contributed by atoms with Crippen LogP contribution in [0.4, 0.5) is 5.69 Å². The molecule has 0 spiro atoms. The Hall–Kier alpha value is -4.00. The summed E-state index contributed by atoms with van der Waals surface area (Å²) in [5.41, 5.74) is 2.11. The van der Waals surface area contributed by atoms with Gasteiger partial charge in [-0.1, -0.05) is 60.7 Å². The molecule has 3 aromatic carbocycles. The molecule has 0 unspecified atom stereocenters. The number of fused-ring (bicyclic) bond motifs is 1. The van der Waals surface area contributed by atoms with Gasteiger partial charge in [0.1, 0.15) is 5.92 Å². The second-order valence-electron chi connectivity index (χ2n) is 7.12. The van der Waals surface area contributed by atoms with E-state index in [9.17, 15) is 24.8 Å². The van der Waals surface area contributed by atoms with Crippen molar-refractivity contribution in [1.82, 2.24) is 4.90 Å². The van der Waals surface area contributed by atoms with Crippen LogP contribution in [-0.2, 0) is 11.3 Å². The van der Waals surface area contributed by atoms with Gasteiger partial charge in [0.25, 0.3) is 11.6 Å². The number of nitro benzene ring substituents is 1. The van der Waals surface area contributed by atoms with Gasteiger partial charge < -0.3 is 10.0 Å². The van der Waals surface area contributed by atoms with E-state index in [0.29, 0.717) is 16.7 Å². The van der Waals surface area contributed by atoms with Gasteiger partial charge in [-0.15, -0.1) is 0 Å². The molecule has 0 saturated heterocycles. The molecule has 0 fully saturated rings. The number of hydrogen-bond donors (Lipinski definition) is 1. The van der Waals surface area contributed by atoms with Gasteiger partial charge in [-0.2, -0.15) is 0 Å². The van der Waals surface area contributed by atoms with Gasteiger partial charge in [0.05, 0.1) is 11.0 Å². The van der Waals surface area contributed by atoms with E-state index in [2.05, 4.69) is 0 Å². The number of carbonyl (C=O) groups is 2. The molecule has 7 nitrogen and oxygen atoms in total. The molecule has 0 bridgehead atoms. The minimum Gasteiger partial charge on any atom is -0.481 e. The first kappa shape index (κ1) is 19.3. The first-order valence-corrected chi connectivity index (χ1v) is 9.38. The van der Waals surface area contributed by atoms with Crippen LogP contribution in [0.1, 0.15) is 39.0 Å². The zero-order chi connectivity index (χ0) is 21.3. The zero-order valence-corrected chi connectivity index (χ0v) is 15.8. The third kappa shape index (κ3) is 3.41. The maximum absolute atomic E-state index is 13.4. The number of benzene rings is 3. The van der Waals surface area contributed by atoms with Crippen LogP contribution in [0.3, 0.4) is 0 Å². The Balaban J connectivity index is 1.87. The van der Waals surface area contributed by atoms with Crippen molar-refractivity contribution in [2.24, 2.45) is 0 Å². The highest BCUT2D eigenvalue weighted by Crippen LogP contribution is 2.43. The quantitative estimate of drug-likeness (QED) is 0.510. The smallest absolute Gasteiger partial charge is 0.313 e. The monoisotopic (exact) mass is 402 g/mol. The summed E-state index contributed by atoms with van der Waals surface area (Å²) in [7, 11) is 0. The molecule has 0 aromatic heterocycles. The van der Waals surface area contributed by atoms with Crippen LogP contribution in [0.2, 0.25) is 0 Å². The van der Waals surface area contributed by atoms with Gasteiger partial charge in [-0.3, -0.25) is 19.7 Å². The van der Waals surface area contributed by atoms with Gasteiger partial charge in [-0.05, 0) is 22.8 Å². The van der Waals surface area contributed by atoms with Crippen LogP contribution < -0.4 is 0 Å². The fourth-order valence-electron chi connectivity index (χ4n) is 3.98. The number of carboxylic acid groups (broad SMARTS) is 1. The number of amides is 1. The molecular formula is C23H18N2O5. The van der Waals surface area contributed by atoms with Crippen molar-refractivity contribution in [2.75, 3.05) is 0 Å². The summed E-state index contributed by atoms with van der Waals surface area (Å²) < 4.78 is 0. The SMILES string of the molecule is O=C(O)[C@@H]1c2ccccc2C(=O)N(Cc2ccccc2)[C@@H]1c1ccc([N+](=O)[O-])cc1. The Bertz CT molecular complexity index is 1110. The minimum absolute atomic E-state index is 0.0947. The fourth-order valence-corrected chi connectivity index (χ4v) is 3.98. The number of nitro groups is 1. The largest absolute Gasteiger partial charge is 0.481 e. The lowest BCUT2D eigenvalue weighted by Gasteiger charge is -2.41. The summed E-state index contributed by atoms with van der Waals surface area (Å²) in [5.74, 6) is -2.32. The van der Waals surface area contributed by atoms with Crippen molar-refractivity contribution < 1.29 is 19.6 Å². The zero-order valence-electron chi connectivity index (χ0n) is 15.8. The normalized spacial score (nSPS) is 18.0. The van der Waals surface area contributed by atoms with E-state index in [4.69, 9.17) is 0 Å². The Labute approximate surface area is 172 Å². The van der Waals surface area contributed by atoms with Crippen molar-refractivity contribution in [1.29, 1.82) is 0 Å². The number of carbonyl (C=O) groups excluding carboxylic acids is 1. The highest BCUT2D eigenvalue weighted by atomic mass is 16.6. The Morgan fingerprint density at radius 3 is 2.23 bits per heavy atom. The molecule has 1 aliphatic rings. The number of hydrogen-bond acceptors (Lipinski definition) is 4. The van der Waals surface area contributed by atoms with Crippen LogP contribution in [0.15, 0.2) is 78.9 Å². The molecule has 3 aromatic rings. The standard InChI is InChI=1S/C23H18N2O5/c26-22-19-9-5-4-8-18(19)20(23(27)28)21(16-10-12-17(13-11-16)25(29)30)24(22)14-15-6-2-1-3-7-15/h1-13,20-21H,14H2,(H,27,28)/t20-,21-/m1/s1. The highest BCUT2D eigenvalue weighted by molar-refractivity contribution is 6.00. The lowest BCUT2D eigenvalue weighted by Crippen LogP contribution is -2.44. The summed E-state index contributed by atoms with van der Waals surface area (Å²) in [6, 6.07) is 21.0. The molecule has 150 valence electrons. The first-order chi connectivity index (χ1) is 14.5. The van der Waals surface area contributed by atoms with Gasteiger partial charge >= 0.3 is 5.97 Å². The van der Waals surface area contributed by atoms with E-state index >= 15 is 0 Å². The maximum atomic E-state index is 13.4. The van der Waals surface area contributed by atoms with Crippen molar-refractivity contribution in [3.05, 3.63) is 111 Å². The van der Waals surface area contributed by atoms with Crippen LogP contribution >= 0.6 is 0 Å². The lowest BCUT2D eigenvalue weighted by atomic mass is 9.79. The van der Waals surface area contributed by atoms with Gasteiger partial charge in [0.2, 0.25) is 0 Å². The molecule has 7 heteroatoms. The summed E-state index contributed by atoms with van der Waals surface area (Å²) in [6.07, 6.45) is 0. The molecule has 1 amide bonds. The van der Waals surface area contributed by atoms with Gasteiger partial charge in [0.15, 0.2) is 0 Å². The highest BCUT2D eigenvalue weighted by Gasteiger charge is 2.44. The third-order valence-electron chi connectivity index (χ3n) is 5.35. The lowest BCUT2D eigenvalue weighted by molar-refractivity contribution is -0.384. The average molecular weight is 402 g/mol. The van der Waals surface area contributed by atoms with E-state index in [1.54, 1.807) is 24.3 Å². The summed E-state index contributed by atoms with van der Waals surface area (Å²) in [5, 5.41) is 21.1. The molecule has 4 rings (SSSR count). The first-order valence-electron chi connectivity index (χ1n) is 9.38. The van der Waals surface area contributed by atoms with Crippen LogP contribution in [0.25, 0.3) is 0 Å². The molecule has 0 saturated carbocycles. The number of nitrogens with zero attached hydrogens (tertiary/aromatic N) is 2. The van der Waals surface area contributed by atoms with Gasteiger partial charge in [-0.25, -0.2) is 0 Å². The second kappa shape index (κ2) is 7.79. The van der Waals surface area contributed by atoms with Crippen LogP contribution in [0, 0.1) is 10.1 Å². The number of aliphatic carboxylic acids is 1. The van der Waals surface area contributed by atoms with Crippen LogP contribution in [-0.4, -0.2) is 26.8 Å². The third-order valence-corrected chi connectivity index (χ3v) is 5.35. The van der Waals surface area contributed by atoms with Crippen molar-refractivity contribution in [2.45, 2.75) is 18.5 Å². The number of rotatable bonds is 5. The summed E-state index contributed by atoms with van der Waals surface area (Å²) >= 11 is 0. The molecule has 1 aliphatic heterocycles. The fraction of sp³-hybridized carbons (Fsp3) is 0.130. The topological polar surface area (TPSA) is 101 Å². The van der Waals surface area contributed by atoms with E-state index in [1.807, 2.05) is 30.3 Å². The Morgan fingerprint density at radius 2 is 1.60 bits per heavy atom. The molecule has 30 heavy (non-hydrogen) atoms. The molecular weight excluding hydrogens is 384 g/mol. The molecule has 0 aliphatic carbocycles. The van der Waals surface area contributed by atoms with Crippen LogP contribution in [0.5, 0.6) is 0 Å². The van der Waals surface area contributed by atoms with E-state index in [1.165, 1.54) is 29.2 Å². The second-order valence-corrected chi connectivity index (χ2v) is 7.12. The van der Waals surface area contributed by atoms with E-state index in [0.717, 1.165) is 5.56 Å². The molecule has 1 heterocycles. The Morgan fingerprint density at radius 1 is 0.967 bits per heavy atom. The Kier molecular flexibility index (Phi) is 5.02. The maximum Gasteiger partial charge on any atom is 0.313 e. The van der Waals surface area contributed by atoms with E-state index in [-0.39, 0.29) is 18.1 Å². The van der Waals surface area contributed by atoms with E-state index < -0.39 is 22.9 Å². The molecule has 0 radical (unpaired) electrons. The minimum atomic E-state index is -1.06. The van der Waals surface area contributed by atoms with Crippen molar-refractivity contribution in [3.63, 3.8) is 0 Å². The molecule has 2 atom stereocenters. The number of non-ortho nitro benzene ring substituents is 1. The summed E-state index contributed by atoms with van der Waals surface area (Å²) in [4.78, 5) is 37.8. The molecule has 1 N–H and O–H groups in total.